The van der Waals surface area contributed by atoms with E-state index in [-0.39, 0.29) is 0 Å². The maximum Gasteiger partial charge on any atom is 0.181 e. The first-order chi connectivity index (χ1) is 7.85. The third-order valence-corrected chi connectivity index (χ3v) is 3.94. The van der Waals surface area contributed by atoms with Crippen molar-refractivity contribution in [1.29, 1.82) is 0 Å². The molecule has 84 valence electrons. The molecule has 2 heterocycles. The summed E-state index contributed by atoms with van der Waals surface area (Å²) in [6.07, 6.45) is 5.90. The minimum absolute atomic E-state index is 0.432. The normalized spacial score (nSPS) is 24.6. The van der Waals surface area contributed by atoms with Gasteiger partial charge in [-0.15, -0.1) is 0 Å². The minimum atomic E-state index is 0.432. The first-order valence-corrected chi connectivity index (χ1v) is 6.08. The lowest BCUT2D eigenvalue weighted by molar-refractivity contribution is 0.0457. The van der Waals surface area contributed by atoms with Gasteiger partial charge in [-0.3, -0.25) is 0 Å². The van der Waals surface area contributed by atoms with Gasteiger partial charge in [0, 0.05) is 12.4 Å². The molecule has 6 heteroatoms. The number of fused-ring (bicyclic) bond motifs is 1. The van der Waals surface area contributed by atoms with Crippen molar-refractivity contribution in [2.75, 3.05) is 7.11 Å². The van der Waals surface area contributed by atoms with Crippen LogP contribution in [0.5, 0.6) is 0 Å². The zero-order chi connectivity index (χ0) is 11.0. The monoisotopic (exact) mass is 236 g/mol. The average Bonchev–Trinajstić information content (AvgIpc) is 2.65. The van der Waals surface area contributed by atoms with Gasteiger partial charge in [0.2, 0.25) is 0 Å². The van der Waals surface area contributed by atoms with Crippen molar-refractivity contribution >= 4 is 22.9 Å². The number of aromatic amines is 1. The van der Waals surface area contributed by atoms with Crippen molar-refractivity contribution < 1.29 is 4.74 Å². The van der Waals surface area contributed by atoms with E-state index in [1.54, 1.807) is 25.1 Å². The smallest absolute Gasteiger partial charge is 0.181 e. The largest absolute Gasteiger partial charge is 0.381 e. The molecule has 0 saturated heterocycles. The van der Waals surface area contributed by atoms with E-state index in [0.29, 0.717) is 11.4 Å². The van der Waals surface area contributed by atoms with Gasteiger partial charge in [0.15, 0.2) is 10.8 Å². The highest BCUT2D eigenvalue weighted by molar-refractivity contribution is 7.99. The Kier molecular flexibility index (Phi) is 2.53. The number of nitrogens with one attached hydrogen (secondary N) is 1. The predicted octanol–water partition coefficient (Wildman–Crippen LogP) is 1.62. The van der Waals surface area contributed by atoms with Crippen LogP contribution in [0, 0.1) is 0 Å². The molecule has 0 spiro atoms. The summed E-state index contributed by atoms with van der Waals surface area (Å²) in [5, 5.41) is 1.54. The lowest BCUT2D eigenvalue weighted by Crippen LogP contribution is -2.32. The molecule has 2 aromatic rings. The molecule has 16 heavy (non-hydrogen) atoms. The van der Waals surface area contributed by atoms with E-state index >= 15 is 0 Å². The summed E-state index contributed by atoms with van der Waals surface area (Å²) >= 11 is 1.76. The molecule has 3 rings (SSSR count). The standard InChI is InChI=1S/C10H12N4OS/c1-15-6-2-7(3-6)16-10-13-8-4-11-5-12-9(8)14-10/h4-7H,2-3H2,1H3,(H,11,12,13,14). The molecule has 1 fully saturated rings. The molecule has 1 N–H and O–H groups in total. The SMILES string of the molecule is COC1CC(Sc2nc3ncncc3[nH]2)C1. The number of aromatic nitrogens is 4. The van der Waals surface area contributed by atoms with Gasteiger partial charge in [0.25, 0.3) is 0 Å². The molecule has 0 atom stereocenters. The van der Waals surface area contributed by atoms with Crippen molar-refractivity contribution in [2.24, 2.45) is 0 Å². The number of thioether (sulfide) groups is 1. The van der Waals surface area contributed by atoms with Crippen LogP contribution in [0.1, 0.15) is 12.8 Å². The van der Waals surface area contributed by atoms with E-state index in [1.807, 2.05) is 0 Å². The second kappa shape index (κ2) is 4.03. The molecular weight excluding hydrogens is 224 g/mol. The first kappa shape index (κ1) is 10.0. The number of nitrogens with zero attached hydrogens (tertiary/aromatic N) is 3. The van der Waals surface area contributed by atoms with E-state index in [4.69, 9.17) is 4.74 Å². The van der Waals surface area contributed by atoms with Gasteiger partial charge in [-0.25, -0.2) is 15.0 Å². The number of hydrogen-bond donors (Lipinski definition) is 1. The van der Waals surface area contributed by atoms with Gasteiger partial charge >= 0.3 is 0 Å². The van der Waals surface area contributed by atoms with Crippen molar-refractivity contribution in [3.63, 3.8) is 0 Å². The molecule has 1 aliphatic carbocycles. The fourth-order valence-electron chi connectivity index (χ4n) is 1.76. The fourth-order valence-corrected chi connectivity index (χ4v) is 3.01. The third-order valence-electron chi connectivity index (χ3n) is 2.80. The van der Waals surface area contributed by atoms with Crippen molar-refractivity contribution in [3.8, 4) is 0 Å². The molecule has 1 aliphatic rings. The highest BCUT2D eigenvalue weighted by atomic mass is 32.2. The van der Waals surface area contributed by atoms with Gasteiger partial charge in [-0.05, 0) is 12.8 Å². The summed E-state index contributed by atoms with van der Waals surface area (Å²) in [6.45, 7) is 0. The topological polar surface area (TPSA) is 63.7 Å². The van der Waals surface area contributed by atoms with Crippen LogP contribution in [0.3, 0.4) is 0 Å². The van der Waals surface area contributed by atoms with E-state index in [0.717, 1.165) is 29.2 Å². The summed E-state index contributed by atoms with van der Waals surface area (Å²) in [6, 6.07) is 0. The number of rotatable bonds is 3. The van der Waals surface area contributed by atoms with Crippen molar-refractivity contribution in [2.45, 2.75) is 29.4 Å². The van der Waals surface area contributed by atoms with Gasteiger partial charge in [-0.1, -0.05) is 11.8 Å². The van der Waals surface area contributed by atoms with Gasteiger partial charge in [0.05, 0.1) is 12.3 Å². The summed E-state index contributed by atoms with van der Waals surface area (Å²) in [5.41, 5.74) is 1.63. The maximum atomic E-state index is 5.25. The number of methoxy groups -OCH3 is 1. The molecular formula is C10H12N4OS. The molecule has 0 amide bonds. The number of H-pyrrole nitrogens is 1. The van der Waals surface area contributed by atoms with Gasteiger partial charge in [-0.2, -0.15) is 0 Å². The van der Waals surface area contributed by atoms with Crippen molar-refractivity contribution in [3.05, 3.63) is 12.5 Å². The summed E-state index contributed by atoms with van der Waals surface area (Å²) in [4.78, 5) is 15.7. The lowest BCUT2D eigenvalue weighted by atomic mass is 9.95. The summed E-state index contributed by atoms with van der Waals surface area (Å²) in [7, 11) is 1.77. The molecule has 0 aromatic carbocycles. The number of ether oxygens (including phenoxy) is 1. The second-order valence-electron chi connectivity index (χ2n) is 3.87. The van der Waals surface area contributed by atoms with Crippen LogP contribution in [-0.2, 0) is 4.74 Å². The Morgan fingerprint density at radius 1 is 1.50 bits per heavy atom. The van der Waals surface area contributed by atoms with Crippen molar-refractivity contribution in [1.82, 2.24) is 19.9 Å². The number of imidazole rings is 1. The van der Waals surface area contributed by atoms with E-state index in [1.165, 1.54) is 6.33 Å². The highest BCUT2D eigenvalue weighted by Crippen LogP contribution is 2.37. The second-order valence-corrected chi connectivity index (χ2v) is 5.16. The Morgan fingerprint density at radius 2 is 2.38 bits per heavy atom. The highest BCUT2D eigenvalue weighted by Gasteiger charge is 2.30. The molecule has 5 nitrogen and oxygen atoms in total. The van der Waals surface area contributed by atoms with Crippen LogP contribution in [0.4, 0.5) is 0 Å². The van der Waals surface area contributed by atoms with Gasteiger partial charge < -0.3 is 9.72 Å². The Hall–Kier alpha value is -1.14. The molecule has 2 aromatic heterocycles. The van der Waals surface area contributed by atoms with E-state index in [2.05, 4.69) is 19.9 Å². The Bertz CT molecular complexity index is 461. The van der Waals surface area contributed by atoms with Crippen LogP contribution in [0.15, 0.2) is 17.7 Å². The summed E-state index contributed by atoms with van der Waals surface area (Å²) in [5.74, 6) is 0. The fraction of sp³-hybridized carbons (Fsp3) is 0.500. The Labute approximate surface area is 97.0 Å². The quantitative estimate of drug-likeness (QED) is 0.877. The van der Waals surface area contributed by atoms with Crippen LogP contribution >= 0.6 is 11.8 Å². The lowest BCUT2D eigenvalue weighted by Gasteiger charge is -2.32. The molecule has 0 aliphatic heterocycles. The first-order valence-electron chi connectivity index (χ1n) is 5.20. The zero-order valence-corrected chi connectivity index (χ0v) is 9.70. The third kappa shape index (κ3) is 1.78. The van der Waals surface area contributed by atoms with Crippen LogP contribution < -0.4 is 0 Å². The zero-order valence-electron chi connectivity index (χ0n) is 8.88. The van der Waals surface area contributed by atoms with Crippen LogP contribution in [0.25, 0.3) is 11.2 Å². The maximum absolute atomic E-state index is 5.25. The van der Waals surface area contributed by atoms with Crippen LogP contribution in [-0.4, -0.2) is 38.4 Å². The molecule has 0 unspecified atom stereocenters. The van der Waals surface area contributed by atoms with Crippen LogP contribution in [0.2, 0.25) is 0 Å². The molecule has 0 radical (unpaired) electrons. The van der Waals surface area contributed by atoms with Gasteiger partial charge in [0.1, 0.15) is 11.8 Å². The molecule has 1 saturated carbocycles. The number of hydrogen-bond acceptors (Lipinski definition) is 5. The average molecular weight is 236 g/mol. The Balaban J connectivity index is 1.71. The molecule has 0 bridgehead atoms. The Morgan fingerprint density at radius 3 is 3.12 bits per heavy atom. The van der Waals surface area contributed by atoms with E-state index < -0.39 is 0 Å². The van der Waals surface area contributed by atoms with E-state index in [9.17, 15) is 0 Å². The summed E-state index contributed by atoms with van der Waals surface area (Å²) < 4.78 is 5.25. The predicted molar refractivity (Wildman–Crippen MR) is 61.4 cm³/mol. The minimum Gasteiger partial charge on any atom is -0.381 e.